The molecule has 4 atom stereocenters. The van der Waals surface area contributed by atoms with Crippen LogP contribution in [0.3, 0.4) is 0 Å². The topological polar surface area (TPSA) is 194 Å². The molecule has 0 saturated carbocycles. The van der Waals surface area contributed by atoms with Crippen molar-refractivity contribution in [3.05, 3.63) is 0 Å². The fourth-order valence-electron chi connectivity index (χ4n) is 2.21. The SMILES string of the molecule is CSCC[C@H](NC(=O)[C@H](CS)NC(=O)[C@H](CC(N)=O)NC(=O)[C@@H](N)C(C)C)C(=O)O. The first kappa shape index (κ1) is 28.0. The average molecular weight is 466 g/mol. The van der Waals surface area contributed by atoms with Gasteiger partial charge in [0.05, 0.1) is 12.5 Å². The second kappa shape index (κ2) is 14.1. The number of hydrogen-bond donors (Lipinski definition) is 7. The van der Waals surface area contributed by atoms with Crippen LogP contribution in [-0.2, 0) is 24.0 Å². The van der Waals surface area contributed by atoms with Gasteiger partial charge in [0.25, 0.3) is 0 Å². The van der Waals surface area contributed by atoms with Gasteiger partial charge in [-0.1, -0.05) is 13.8 Å². The van der Waals surface area contributed by atoms with Crippen molar-refractivity contribution in [2.75, 3.05) is 17.8 Å². The third kappa shape index (κ3) is 10.2. The molecule has 0 aliphatic heterocycles. The first-order valence-corrected chi connectivity index (χ1v) is 11.2. The van der Waals surface area contributed by atoms with Crippen molar-refractivity contribution < 1.29 is 29.1 Å². The molecule has 0 bridgehead atoms. The molecule has 0 aromatic heterocycles. The van der Waals surface area contributed by atoms with E-state index in [1.165, 1.54) is 11.8 Å². The average Bonchev–Trinajstić information content (AvgIpc) is 2.66. The minimum atomic E-state index is -1.35. The number of nitrogens with one attached hydrogen (secondary N) is 3. The van der Waals surface area contributed by atoms with Crippen LogP contribution in [0.15, 0.2) is 0 Å². The summed E-state index contributed by atoms with van der Waals surface area (Å²) in [6.07, 6.45) is 1.49. The number of carboxylic acids is 1. The smallest absolute Gasteiger partial charge is 0.326 e. The number of primary amides is 1. The van der Waals surface area contributed by atoms with E-state index in [4.69, 9.17) is 11.5 Å². The Morgan fingerprint density at radius 2 is 1.47 bits per heavy atom. The number of aliphatic carboxylic acids is 1. The number of rotatable bonds is 14. The molecule has 30 heavy (non-hydrogen) atoms. The van der Waals surface area contributed by atoms with Gasteiger partial charge < -0.3 is 32.5 Å². The van der Waals surface area contributed by atoms with Gasteiger partial charge in [0, 0.05) is 5.75 Å². The predicted molar refractivity (Wildman–Crippen MR) is 117 cm³/mol. The maximum absolute atomic E-state index is 12.6. The van der Waals surface area contributed by atoms with E-state index < -0.39 is 60.2 Å². The van der Waals surface area contributed by atoms with Crippen molar-refractivity contribution >= 4 is 54.0 Å². The van der Waals surface area contributed by atoms with Crippen LogP contribution in [0.1, 0.15) is 26.7 Å². The molecule has 0 fully saturated rings. The van der Waals surface area contributed by atoms with Crippen LogP contribution in [0.2, 0.25) is 0 Å². The summed E-state index contributed by atoms with van der Waals surface area (Å²) in [5.41, 5.74) is 10.9. The molecular formula is C17H31N5O6S2. The predicted octanol–water partition coefficient (Wildman–Crippen LogP) is -1.93. The number of carbonyl (C=O) groups is 5. The lowest BCUT2D eigenvalue weighted by Crippen LogP contribution is -2.58. The Morgan fingerprint density at radius 1 is 0.967 bits per heavy atom. The number of hydrogen-bond acceptors (Lipinski definition) is 8. The zero-order valence-electron chi connectivity index (χ0n) is 17.2. The minimum absolute atomic E-state index is 0.144. The molecule has 0 spiro atoms. The van der Waals surface area contributed by atoms with Gasteiger partial charge in [-0.25, -0.2) is 4.79 Å². The second-order valence-corrected chi connectivity index (χ2v) is 8.28. The van der Waals surface area contributed by atoms with Crippen molar-refractivity contribution in [1.29, 1.82) is 0 Å². The third-order valence-corrected chi connectivity index (χ3v) is 5.11. The molecule has 0 radical (unpaired) electrons. The molecule has 0 aliphatic rings. The molecule has 4 amide bonds. The highest BCUT2D eigenvalue weighted by Gasteiger charge is 2.30. The van der Waals surface area contributed by atoms with Gasteiger partial charge in [-0.15, -0.1) is 0 Å². The Bertz CT molecular complexity index is 634. The summed E-state index contributed by atoms with van der Waals surface area (Å²) < 4.78 is 0. The van der Waals surface area contributed by atoms with E-state index in [9.17, 15) is 29.1 Å². The highest BCUT2D eigenvalue weighted by atomic mass is 32.2. The number of nitrogens with two attached hydrogens (primary N) is 2. The number of thiol groups is 1. The van der Waals surface area contributed by atoms with E-state index in [0.29, 0.717) is 5.75 Å². The van der Waals surface area contributed by atoms with Crippen LogP contribution in [0, 0.1) is 5.92 Å². The van der Waals surface area contributed by atoms with E-state index in [2.05, 4.69) is 28.6 Å². The third-order valence-electron chi connectivity index (χ3n) is 4.10. The fourth-order valence-corrected chi connectivity index (χ4v) is 2.94. The highest BCUT2D eigenvalue weighted by Crippen LogP contribution is 2.04. The first-order valence-electron chi connectivity index (χ1n) is 9.22. The largest absolute Gasteiger partial charge is 0.480 e. The number of amides is 4. The first-order chi connectivity index (χ1) is 13.9. The van der Waals surface area contributed by atoms with Gasteiger partial charge in [-0.05, 0) is 24.3 Å². The summed E-state index contributed by atoms with van der Waals surface area (Å²) in [6.45, 7) is 3.43. The van der Waals surface area contributed by atoms with Crippen LogP contribution in [-0.4, -0.2) is 76.6 Å². The summed E-state index contributed by atoms with van der Waals surface area (Å²) in [5.74, 6) is -4.15. The van der Waals surface area contributed by atoms with E-state index in [1.807, 2.05) is 0 Å². The molecule has 11 nitrogen and oxygen atoms in total. The Morgan fingerprint density at radius 3 is 1.90 bits per heavy atom. The zero-order valence-corrected chi connectivity index (χ0v) is 18.9. The van der Waals surface area contributed by atoms with Crippen LogP contribution >= 0.6 is 24.4 Å². The zero-order chi connectivity index (χ0) is 23.4. The molecule has 0 unspecified atom stereocenters. The minimum Gasteiger partial charge on any atom is -0.480 e. The molecule has 13 heteroatoms. The summed E-state index contributed by atoms with van der Waals surface area (Å²) in [4.78, 5) is 59.7. The van der Waals surface area contributed by atoms with E-state index in [-0.39, 0.29) is 18.1 Å². The fraction of sp³-hybridized carbons (Fsp3) is 0.706. The molecule has 172 valence electrons. The molecule has 0 rings (SSSR count). The van der Waals surface area contributed by atoms with Crippen LogP contribution in [0.25, 0.3) is 0 Å². The van der Waals surface area contributed by atoms with Crippen LogP contribution in [0.4, 0.5) is 0 Å². The maximum Gasteiger partial charge on any atom is 0.326 e. The molecule has 0 aromatic rings. The van der Waals surface area contributed by atoms with Crippen molar-refractivity contribution in [2.24, 2.45) is 17.4 Å². The lowest BCUT2D eigenvalue weighted by molar-refractivity contribution is -0.142. The lowest BCUT2D eigenvalue weighted by Gasteiger charge is -2.24. The van der Waals surface area contributed by atoms with E-state index in [0.717, 1.165) is 0 Å². The van der Waals surface area contributed by atoms with Gasteiger partial charge in [-0.2, -0.15) is 24.4 Å². The van der Waals surface area contributed by atoms with Crippen LogP contribution in [0.5, 0.6) is 0 Å². The van der Waals surface area contributed by atoms with Crippen molar-refractivity contribution in [3.63, 3.8) is 0 Å². The van der Waals surface area contributed by atoms with Crippen molar-refractivity contribution in [1.82, 2.24) is 16.0 Å². The van der Waals surface area contributed by atoms with E-state index in [1.54, 1.807) is 20.1 Å². The van der Waals surface area contributed by atoms with E-state index >= 15 is 0 Å². The molecule has 0 heterocycles. The van der Waals surface area contributed by atoms with Crippen LogP contribution < -0.4 is 27.4 Å². The number of carboxylic acid groups (broad SMARTS) is 1. The van der Waals surface area contributed by atoms with Gasteiger partial charge in [0.2, 0.25) is 23.6 Å². The lowest BCUT2D eigenvalue weighted by atomic mass is 10.0. The highest BCUT2D eigenvalue weighted by molar-refractivity contribution is 7.98. The Kier molecular flexibility index (Phi) is 13.2. The Labute approximate surface area is 185 Å². The molecule has 8 N–H and O–H groups in total. The quantitative estimate of drug-likeness (QED) is 0.144. The summed E-state index contributed by atoms with van der Waals surface area (Å²) in [7, 11) is 0. The second-order valence-electron chi connectivity index (χ2n) is 6.93. The summed E-state index contributed by atoms with van der Waals surface area (Å²) in [5, 5.41) is 16.3. The summed E-state index contributed by atoms with van der Waals surface area (Å²) in [6, 6.07) is -4.58. The number of thioether (sulfide) groups is 1. The molecule has 0 aromatic carbocycles. The Balaban J connectivity index is 5.22. The standard InChI is InChI=1S/C17H31N5O6S2/c1-8(2)13(19)16(26)21-10(6-12(18)23)14(24)22-11(7-29)15(25)20-9(17(27)28)4-5-30-3/h8-11,13,29H,4-7,19H2,1-3H3,(H2,18,23)(H,20,25)(H,21,26)(H,22,24)(H,27,28)/t9-,10-,11-,13-/m0/s1. The van der Waals surface area contributed by atoms with Gasteiger partial charge in [-0.3, -0.25) is 19.2 Å². The normalized spacial score (nSPS) is 14.9. The number of carbonyl (C=O) groups excluding carboxylic acids is 4. The summed E-state index contributed by atoms with van der Waals surface area (Å²) >= 11 is 5.44. The Hall–Kier alpha value is -1.99. The van der Waals surface area contributed by atoms with Crippen molar-refractivity contribution in [3.8, 4) is 0 Å². The van der Waals surface area contributed by atoms with Gasteiger partial charge in [0.15, 0.2) is 0 Å². The van der Waals surface area contributed by atoms with Gasteiger partial charge in [0.1, 0.15) is 18.1 Å². The van der Waals surface area contributed by atoms with Crippen molar-refractivity contribution in [2.45, 2.75) is 50.9 Å². The maximum atomic E-state index is 12.6. The molecule has 0 aliphatic carbocycles. The molecule has 0 saturated heterocycles. The van der Waals surface area contributed by atoms with Gasteiger partial charge >= 0.3 is 5.97 Å². The monoisotopic (exact) mass is 465 g/mol. The molecular weight excluding hydrogens is 434 g/mol.